The van der Waals surface area contributed by atoms with E-state index >= 15 is 0 Å². The van der Waals surface area contributed by atoms with Crippen molar-refractivity contribution in [3.63, 3.8) is 0 Å². The summed E-state index contributed by atoms with van der Waals surface area (Å²) in [5, 5.41) is 0. The van der Waals surface area contributed by atoms with Crippen molar-refractivity contribution in [1.29, 1.82) is 0 Å². The van der Waals surface area contributed by atoms with Gasteiger partial charge >= 0.3 is 12.1 Å². The molecule has 0 N–H and O–H groups in total. The highest BCUT2D eigenvalue weighted by Gasteiger charge is 2.52. The van der Waals surface area contributed by atoms with Crippen LogP contribution in [0, 0.1) is 0 Å². The topological polar surface area (TPSA) is 82.1 Å². The number of rotatable bonds is 1. The normalized spacial score (nSPS) is 23.2. The number of carbonyl (C=O) groups excluding carboxylic acids is 3. The van der Waals surface area contributed by atoms with Gasteiger partial charge in [0.2, 0.25) is 5.60 Å². The average Bonchev–Trinajstić information content (AvgIpc) is 2.28. The molecular formula is C15H25NO6. The molecule has 1 rings (SSSR count). The zero-order chi connectivity index (χ0) is 17.3. The maximum Gasteiger partial charge on any atom is 0.417 e. The number of nitrogens with zero attached hydrogens (tertiary/aromatic N) is 1. The molecule has 1 unspecified atom stereocenters. The summed E-state index contributed by atoms with van der Waals surface area (Å²) in [6, 6.07) is 0. The summed E-state index contributed by atoms with van der Waals surface area (Å²) in [6.07, 6.45) is -0.796. The lowest BCUT2D eigenvalue weighted by Gasteiger charge is -2.38. The lowest BCUT2D eigenvalue weighted by Crippen LogP contribution is -2.62. The molecule has 1 atom stereocenters. The third-order valence-corrected chi connectivity index (χ3v) is 2.76. The summed E-state index contributed by atoms with van der Waals surface area (Å²) >= 11 is 0. The molecule has 22 heavy (non-hydrogen) atoms. The van der Waals surface area contributed by atoms with Gasteiger partial charge in [-0.3, -0.25) is 4.79 Å². The minimum absolute atomic E-state index is 0.0339. The maximum absolute atomic E-state index is 12.5. The zero-order valence-corrected chi connectivity index (χ0v) is 14.3. The highest BCUT2D eigenvalue weighted by atomic mass is 16.6. The Kier molecular flexibility index (Phi) is 4.91. The molecule has 0 bridgehead atoms. The van der Waals surface area contributed by atoms with Gasteiger partial charge in [0, 0.05) is 0 Å². The Hall–Kier alpha value is -1.63. The van der Waals surface area contributed by atoms with Crippen LogP contribution in [-0.2, 0) is 23.8 Å². The van der Waals surface area contributed by atoms with Crippen LogP contribution >= 0.6 is 0 Å². The van der Waals surface area contributed by atoms with Crippen LogP contribution in [0.25, 0.3) is 0 Å². The van der Waals surface area contributed by atoms with Crippen LogP contribution in [0.5, 0.6) is 0 Å². The Labute approximate surface area is 130 Å². The van der Waals surface area contributed by atoms with Gasteiger partial charge < -0.3 is 14.2 Å². The highest BCUT2D eigenvalue weighted by Crippen LogP contribution is 2.25. The molecule has 0 aromatic rings. The molecule has 2 amide bonds. The van der Waals surface area contributed by atoms with Crippen molar-refractivity contribution in [1.82, 2.24) is 4.90 Å². The molecule has 1 heterocycles. The molecule has 1 fully saturated rings. The van der Waals surface area contributed by atoms with E-state index in [2.05, 4.69) is 0 Å². The minimum atomic E-state index is -1.84. The Morgan fingerprint density at radius 3 is 2.05 bits per heavy atom. The second kappa shape index (κ2) is 5.87. The summed E-state index contributed by atoms with van der Waals surface area (Å²) in [5.74, 6) is -1.60. The first-order valence-corrected chi connectivity index (χ1v) is 7.19. The van der Waals surface area contributed by atoms with Crippen LogP contribution in [0.4, 0.5) is 4.79 Å². The van der Waals surface area contributed by atoms with E-state index in [9.17, 15) is 14.4 Å². The molecular weight excluding hydrogens is 290 g/mol. The lowest BCUT2D eigenvalue weighted by atomic mass is 10.0. The van der Waals surface area contributed by atoms with Gasteiger partial charge in [-0.05, 0) is 48.5 Å². The minimum Gasteiger partial charge on any atom is -0.457 e. The molecule has 1 aliphatic heterocycles. The van der Waals surface area contributed by atoms with Gasteiger partial charge in [0.1, 0.15) is 11.2 Å². The first kappa shape index (κ1) is 18.4. The van der Waals surface area contributed by atoms with Gasteiger partial charge in [-0.1, -0.05) is 0 Å². The molecule has 7 heteroatoms. The number of hydrogen-bond acceptors (Lipinski definition) is 6. The van der Waals surface area contributed by atoms with E-state index in [-0.39, 0.29) is 13.2 Å². The predicted molar refractivity (Wildman–Crippen MR) is 78.1 cm³/mol. The Morgan fingerprint density at radius 2 is 1.59 bits per heavy atom. The number of imide groups is 1. The Morgan fingerprint density at radius 1 is 1.09 bits per heavy atom. The van der Waals surface area contributed by atoms with E-state index in [1.54, 1.807) is 41.5 Å². The van der Waals surface area contributed by atoms with Crippen molar-refractivity contribution >= 4 is 18.0 Å². The summed E-state index contributed by atoms with van der Waals surface area (Å²) in [4.78, 5) is 37.7. The molecule has 0 aromatic carbocycles. The van der Waals surface area contributed by atoms with Gasteiger partial charge in [-0.2, -0.15) is 0 Å². The fraction of sp³-hybridized carbons (Fsp3) is 0.800. The predicted octanol–water partition coefficient (Wildman–Crippen LogP) is 1.88. The number of ether oxygens (including phenoxy) is 3. The van der Waals surface area contributed by atoms with Gasteiger partial charge in [0.05, 0.1) is 13.2 Å². The standard InChI is InChI=1S/C15H25NO6/c1-13(2,3)21-11(18)15(7)10(17)16(8-9-20-15)12(19)22-14(4,5)6/h8-9H2,1-7H3. The van der Waals surface area contributed by atoms with Crippen molar-refractivity contribution in [3.05, 3.63) is 0 Å². The molecule has 7 nitrogen and oxygen atoms in total. The monoisotopic (exact) mass is 315 g/mol. The van der Waals surface area contributed by atoms with Gasteiger partial charge in [-0.15, -0.1) is 0 Å². The van der Waals surface area contributed by atoms with Crippen molar-refractivity contribution < 1.29 is 28.6 Å². The van der Waals surface area contributed by atoms with E-state index in [1.165, 1.54) is 6.92 Å². The van der Waals surface area contributed by atoms with E-state index in [4.69, 9.17) is 14.2 Å². The van der Waals surface area contributed by atoms with Crippen LogP contribution in [0.3, 0.4) is 0 Å². The third kappa shape index (κ3) is 4.43. The number of esters is 1. The highest BCUT2D eigenvalue weighted by molar-refractivity contribution is 6.10. The van der Waals surface area contributed by atoms with Crippen LogP contribution < -0.4 is 0 Å². The third-order valence-electron chi connectivity index (χ3n) is 2.76. The largest absolute Gasteiger partial charge is 0.457 e. The summed E-state index contributed by atoms with van der Waals surface area (Å²) in [5.41, 5.74) is -3.35. The molecule has 0 aliphatic carbocycles. The van der Waals surface area contributed by atoms with E-state index in [0.29, 0.717) is 0 Å². The second-order valence-corrected chi connectivity index (χ2v) is 7.32. The molecule has 1 saturated heterocycles. The van der Waals surface area contributed by atoms with Crippen LogP contribution in [0.2, 0.25) is 0 Å². The number of carbonyl (C=O) groups is 3. The number of morpholine rings is 1. The second-order valence-electron chi connectivity index (χ2n) is 7.32. The molecule has 1 aliphatic rings. The van der Waals surface area contributed by atoms with Gasteiger partial charge in [0.15, 0.2) is 0 Å². The van der Waals surface area contributed by atoms with Gasteiger partial charge in [0.25, 0.3) is 5.91 Å². The molecule has 0 saturated carbocycles. The van der Waals surface area contributed by atoms with Gasteiger partial charge in [-0.25, -0.2) is 14.5 Å². The quantitative estimate of drug-likeness (QED) is 0.543. The van der Waals surface area contributed by atoms with E-state index in [1.807, 2.05) is 0 Å². The molecule has 0 aromatic heterocycles. The van der Waals surface area contributed by atoms with Crippen molar-refractivity contribution in [2.24, 2.45) is 0 Å². The fourth-order valence-electron chi connectivity index (χ4n) is 1.77. The molecule has 0 radical (unpaired) electrons. The van der Waals surface area contributed by atoms with Crippen molar-refractivity contribution in [2.45, 2.75) is 65.3 Å². The smallest absolute Gasteiger partial charge is 0.417 e. The number of amides is 2. The van der Waals surface area contributed by atoms with E-state index < -0.39 is 34.8 Å². The van der Waals surface area contributed by atoms with E-state index in [0.717, 1.165) is 4.90 Å². The summed E-state index contributed by atoms with van der Waals surface area (Å²) in [7, 11) is 0. The number of hydrogen-bond donors (Lipinski definition) is 0. The molecule has 0 spiro atoms. The fourth-order valence-corrected chi connectivity index (χ4v) is 1.77. The summed E-state index contributed by atoms with van der Waals surface area (Å²) in [6.45, 7) is 11.5. The SMILES string of the molecule is CC(C)(C)OC(=O)N1CCOC(C)(C(=O)OC(C)(C)C)C1=O. The maximum atomic E-state index is 12.5. The first-order chi connectivity index (χ1) is 9.76. The average molecular weight is 315 g/mol. The Balaban J connectivity index is 2.94. The molecule has 126 valence electrons. The zero-order valence-electron chi connectivity index (χ0n) is 14.3. The summed E-state index contributed by atoms with van der Waals surface area (Å²) < 4.78 is 15.7. The first-order valence-electron chi connectivity index (χ1n) is 7.19. The van der Waals surface area contributed by atoms with Crippen LogP contribution in [-0.4, -0.2) is 52.8 Å². The van der Waals surface area contributed by atoms with Crippen LogP contribution in [0.1, 0.15) is 48.5 Å². The Bertz CT molecular complexity index is 473. The van der Waals surface area contributed by atoms with Crippen LogP contribution in [0.15, 0.2) is 0 Å². The lowest BCUT2D eigenvalue weighted by molar-refractivity contribution is -0.195. The van der Waals surface area contributed by atoms with Crippen molar-refractivity contribution in [2.75, 3.05) is 13.2 Å². The van der Waals surface area contributed by atoms with Crippen molar-refractivity contribution in [3.8, 4) is 0 Å².